The summed E-state index contributed by atoms with van der Waals surface area (Å²) in [4.78, 5) is 21.4. The summed E-state index contributed by atoms with van der Waals surface area (Å²) >= 11 is 0. The third kappa shape index (κ3) is 4.67. The van der Waals surface area contributed by atoms with Gasteiger partial charge >= 0.3 is 0 Å². The molecule has 8 nitrogen and oxygen atoms in total. The van der Waals surface area contributed by atoms with Crippen molar-refractivity contribution in [3.05, 3.63) is 78.1 Å². The van der Waals surface area contributed by atoms with Crippen LogP contribution in [0, 0.1) is 0 Å². The Morgan fingerprint density at radius 3 is 2.87 bits per heavy atom. The Morgan fingerprint density at radius 2 is 2.03 bits per heavy atom. The van der Waals surface area contributed by atoms with Crippen LogP contribution in [0.2, 0.25) is 0 Å². The van der Waals surface area contributed by atoms with Gasteiger partial charge in [0, 0.05) is 29.7 Å². The van der Waals surface area contributed by atoms with E-state index in [4.69, 9.17) is 14.2 Å². The summed E-state index contributed by atoms with van der Waals surface area (Å²) in [5.41, 5.74) is 2.07. The number of hydrogen-bond acceptors (Lipinski definition) is 6. The molecule has 0 fully saturated rings. The summed E-state index contributed by atoms with van der Waals surface area (Å²) < 4.78 is 15.9. The first-order chi connectivity index (χ1) is 14.7. The fourth-order valence-electron chi connectivity index (χ4n) is 2.83. The standard InChI is InChI=1S/C22H20N4O4/c1-28-18-6-2-5-17(11-18)25-22(24-13-15-4-3-9-23-12-15)26-21(27)16-7-8-19-20(10-16)30-14-29-19/h2-12H,13-14H2,1H3,(H2,24,25,26,27). The highest BCUT2D eigenvalue weighted by molar-refractivity contribution is 6.10. The van der Waals surface area contributed by atoms with Crippen LogP contribution in [0.4, 0.5) is 5.69 Å². The van der Waals surface area contributed by atoms with Gasteiger partial charge in [-0.15, -0.1) is 0 Å². The van der Waals surface area contributed by atoms with Gasteiger partial charge in [-0.3, -0.25) is 15.1 Å². The average Bonchev–Trinajstić information content (AvgIpc) is 3.26. The van der Waals surface area contributed by atoms with E-state index < -0.39 is 0 Å². The first-order valence-electron chi connectivity index (χ1n) is 9.27. The highest BCUT2D eigenvalue weighted by Gasteiger charge is 2.17. The minimum Gasteiger partial charge on any atom is -0.497 e. The summed E-state index contributed by atoms with van der Waals surface area (Å²) in [7, 11) is 1.60. The molecule has 1 aliphatic heterocycles. The second-order valence-electron chi connectivity index (χ2n) is 6.41. The molecule has 0 saturated carbocycles. The number of anilines is 1. The SMILES string of the molecule is COc1cccc(NC(=NCc2cccnc2)NC(=O)c2ccc3c(c2)OCO3)c1. The molecule has 1 amide bonds. The average molecular weight is 404 g/mol. The quantitative estimate of drug-likeness (QED) is 0.501. The smallest absolute Gasteiger partial charge is 0.258 e. The fraction of sp³-hybridized carbons (Fsp3) is 0.136. The van der Waals surface area contributed by atoms with Crippen molar-refractivity contribution in [1.29, 1.82) is 0 Å². The number of aromatic nitrogens is 1. The Kier molecular flexibility index (Phi) is 5.75. The predicted octanol–water partition coefficient (Wildman–Crippen LogP) is 3.22. The topological polar surface area (TPSA) is 94.1 Å². The number of guanidine groups is 1. The summed E-state index contributed by atoms with van der Waals surface area (Å²) in [6, 6.07) is 16.1. The summed E-state index contributed by atoms with van der Waals surface area (Å²) in [5, 5.41) is 5.96. The second kappa shape index (κ2) is 8.95. The van der Waals surface area contributed by atoms with Gasteiger partial charge in [-0.1, -0.05) is 12.1 Å². The molecule has 0 atom stereocenters. The Balaban J connectivity index is 1.55. The third-order valence-electron chi connectivity index (χ3n) is 4.34. The monoisotopic (exact) mass is 404 g/mol. The number of pyridine rings is 1. The van der Waals surface area contributed by atoms with Crippen LogP contribution < -0.4 is 24.8 Å². The lowest BCUT2D eigenvalue weighted by Gasteiger charge is -2.13. The minimum absolute atomic E-state index is 0.148. The van der Waals surface area contributed by atoms with Gasteiger partial charge in [-0.2, -0.15) is 0 Å². The van der Waals surface area contributed by atoms with Crippen LogP contribution in [0.3, 0.4) is 0 Å². The van der Waals surface area contributed by atoms with Gasteiger partial charge in [0.1, 0.15) is 5.75 Å². The Labute approximate surface area is 173 Å². The Hall–Kier alpha value is -4.07. The highest BCUT2D eigenvalue weighted by Crippen LogP contribution is 2.32. The minimum atomic E-state index is -0.325. The first kappa shape index (κ1) is 19.3. The van der Waals surface area contributed by atoms with E-state index >= 15 is 0 Å². The molecule has 2 heterocycles. The van der Waals surface area contributed by atoms with Crippen LogP contribution >= 0.6 is 0 Å². The number of benzene rings is 2. The van der Waals surface area contributed by atoms with Crippen LogP contribution in [0.15, 0.2) is 72.0 Å². The zero-order chi connectivity index (χ0) is 20.8. The molecular weight excluding hydrogens is 384 g/mol. The molecule has 0 radical (unpaired) electrons. The molecule has 0 unspecified atom stereocenters. The molecule has 0 saturated heterocycles. The van der Waals surface area contributed by atoms with Crippen molar-refractivity contribution in [3.8, 4) is 17.2 Å². The molecule has 30 heavy (non-hydrogen) atoms. The molecule has 2 N–H and O–H groups in total. The van der Waals surface area contributed by atoms with Gasteiger partial charge in [0.2, 0.25) is 12.8 Å². The lowest BCUT2D eigenvalue weighted by molar-refractivity contribution is 0.0976. The molecule has 1 aliphatic rings. The van der Waals surface area contributed by atoms with E-state index in [1.807, 2.05) is 36.4 Å². The van der Waals surface area contributed by atoms with Gasteiger partial charge in [-0.05, 0) is 42.0 Å². The highest BCUT2D eigenvalue weighted by atomic mass is 16.7. The maximum Gasteiger partial charge on any atom is 0.258 e. The van der Waals surface area contributed by atoms with Crippen molar-refractivity contribution in [2.75, 3.05) is 19.2 Å². The van der Waals surface area contributed by atoms with Gasteiger partial charge in [0.25, 0.3) is 5.91 Å². The summed E-state index contributed by atoms with van der Waals surface area (Å²) in [5.74, 6) is 1.82. The van der Waals surface area contributed by atoms with E-state index in [1.54, 1.807) is 37.7 Å². The van der Waals surface area contributed by atoms with E-state index in [2.05, 4.69) is 20.6 Å². The van der Waals surface area contributed by atoms with Gasteiger partial charge in [-0.25, -0.2) is 4.99 Å². The van der Waals surface area contributed by atoms with Gasteiger partial charge < -0.3 is 19.5 Å². The molecule has 3 aromatic rings. The lowest BCUT2D eigenvalue weighted by atomic mass is 10.2. The predicted molar refractivity (Wildman–Crippen MR) is 112 cm³/mol. The summed E-state index contributed by atoms with van der Waals surface area (Å²) in [6.07, 6.45) is 3.43. The van der Waals surface area contributed by atoms with E-state index in [0.29, 0.717) is 35.3 Å². The van der Waals surface area contributed by atoms with E-state index in [-0.39, 0.29) is 12.7 Å². The second-order valence-corrected chi connectivity index (χ2v) is 6.41. The fourth-order valence-corrected chi connectivity index (χ4v) is 2.83. The van der Waals surface area contributed by atoms with Crippen LogP contribution in [-0.4, -0.2) is 30.8 Å². The van der Waals surface area contributed by atoms with Crippen molar-refractivity contribution in [1.82, 2.24) is 10.3 Å². The molecule has 0 spiro atoms. The zero-order valence-electron chi connectivity index (χ0n) is 16.3. The number of ether oxygens (including phenoxy) is 3. The molecule has 4 rings (SSSR count). The molecule has 152 valence electrons. The first-order valence-corrected chi connectivity index (χ1v) is 9.27. The maximum absolute atomic E-state index is 12.8. The maximum atomic E-state index is 12.8. The Morgan fingerprint density at radius 1 is 1.13 bits per heavy atom. The summed E-state index contributed by atoms with van der Waals surface area (Å²) in [6.45, 7) is 0.497. The zero-order valence-corrected chi connectivity index (χ0v) is 16.3. The molecule has 0 aliphatic carbocycles. The van der Waals surface area contributed by atoms with Crippen LogP contribution in [0.5, 0.6) is 17.2 Å². The molecular formula is C22H20N4O4. The van der Waals surface area contributed by atoms with Crippen molar-refractivity contribution in [2.45, 2.75) is 6.54 Å². The van der Waals surface area contributed by atoms with Crippen molar-refractivity contribution < 1.29 is 19.0 Å². The van der Waals surface area contributed by atoms with Gasteiger partial charge in [0.15, 0.2) is 11.5 Å². The number of amides is 1. The number of methoxy groups -OCH3 is 1. The number of carbonyl (C=O) groups is 1. The van der Waals surface area contributed by atoms with E-state index in [1.165, 1.54) is 0 Å². The number of nitrogens with one attached hydrogen (secondary N) is 2. The van der Waals surface area contributed by atoms with Crippen molar-refractivity contribution in [3.63, 3.8) is 0 Å². The van der Waals surface area contributed by atoms with Crippen LogP contribution in [-0.2, 0) is 6.54 Å². The number of rotatable bonds is 5. The Bertz CT molecular complexity index is 1070. The number of nitrogens with zero attached hydrogens (tertiary/aromatic N) is 2. The molecule has 8 heteroatoms. The van der Waals surface area contributed by atoms with Crippen LogP contribution in [0.1, 0.15) is 15.9 Å². The van der Waals surface area contributed by atoms with Crippen molar-refractivity contribution in [2.24, 2.45) is 4.99 Å². The normalized spacial score (nSPS) is 12.4. The molecule has 2 aromatic carbocycles. The van der Waals surface area contributed by atoms with Gasteiger partial charge in [0.05, 0.1) is 13.7 Å². The molecule has 0 bridgehead atoms. The number of aliphatic imine (C=N–C) groups is 1. The number of carbonyl (C=O) groups excluding carboxylic acids is 1. The number of hydrogen-bond donors (Lipinski definition) is 2. The molecule has 1 aromatic heterocycles. The third-order valence-corrected chi connectivity index (χ3v) is 4.34. The van der Waals surface area contributed by atoms with E-state index in [9.17, 15) is 4.79 Å². The van der Waals surface area contributed by atoms with Crippen molar-refractivity contribution >= 4 is 17.6 Å². The van der Waals surface area contributed by atoms with Crippen LogP contribution in [0.25, 0.3) is 0 Å². The number of fused-ring (bicyclic) bond motifs is 1. The largest absolute Gasteiger partial charge is 0.497 e. The lowest BCUT2D eigenvalue weighted by Crippen LogP contribution is -2.36. The van der Waals surface area contributed by atoms with E-state index in [0.717, 1.165) is 11.3 Å².